The first-order chi connectivity index (χ1) is 8.54. The van der Waals surface area contributed by atoms with Crippen LogP contribution in [0.1, 0.15) is 23.7 Å². The molecule has 0 aliphatic heterocycles. The summed E-state index contributed by atoms with van der Waals surface area (Å²) in [4.78, 5) is 21.8. The molecule has 0 heterocycles. The van der Waals surface area contributed by atoms with E-state index >= 15 is 0 Å². The number of aliphatic carboxylic acids is 1. The Hall–Kier alpha value is -2.11. The van der Waals surface area contributed by atoms with E-state index in [1.54, 1.807) is 6.92 Å². The van der Waals surface area contributed by atoms with E-state index in [-0.39, 0.29) is 24.3 Å². The standard InChI is InChI=1S/C12H14FNO4/c1-2-18-10-4-3-8(7-9(10)13)12(17)14-6-5-11(15)16/h3-4,7H,2,5-6H2,1H3,(H,14,17)(H,15,16). The maximum atomic E-state index is 13.4. The smallest absolute Gasteiger partial charge is 0.305 e. The molecule has 18 heavy (non-hydrogen) atoms. The lowest BCUT2D eigenvalue weighted by molar-refractivity contribution is -0.136. The molecule has 2 N–H and O–H groups in total. The van der Waals surface area contributed by atoms with E-state index in [1.165, 1.54) is 12.1 Å². The minimum atomic E-state index is -1.01. The molecule has 0 saturated carbocycles. The molecule has 1 aromatic rings. The monoisotopic (exact) mass is 255 g/mol. The van der Waals surface area contributed by atoms with Crippen molar-refractivity contribution in [3.63, 3.8) is 0 Å². The van der Waals surface area contributed by atoms with Gasteiger partial charge in [0.15, 0.2) is 11.6 Å². The van der Waals surface area contributed by atoms with Crippen LogP contribution in [-0.2, 0) is 4.79 Å². The molecule has 98 valence electrons. The molecule has 0 radical (unpaired) electrons. The highest BCUT2D eigenvalue weighted by Gasteiger charge is 2.10. The fourth-order valence-corrected chi connectivity index (χ4v) is 1.30. The van der Waals surface area contributed by atoms with E-state index < -0.39 is 17.7 Å². The Labute approximate surface area is 104 Å². The molecule has 0 saturated heterocycles. The van der Waals surface area contributed by atoms with Gasteiger partial charge in [0.2, 0.25) is 0 Å². The van der Waals surface area contributed by atoms with Gasteiger partial charge in [0, 0.05) is 12.1 Å². The number of hydrogen-bond donors (Lipinski definition) is 2. The quantitative estimate of drug-likeness (QED) is 0.806. The van der Waals surface area contributed by atoms with Crippen molar-refractivity contribution < 1.29 is 23.8 Å². The molecular formula is C12H14FNO4. The lowest BCUT2D eigenvalue weighted by Crippen LogP contribution is -2.26. The molecule has 6 heteroatoms. The molecule has 0 bridgehead atoms. The third-order valence-electron chi connectivity index (χ3n) is 2.12. The largest absolute Gasteiger partial charge is 0.491 e. The van der Waals surface area contributed by atoms with Gasteiger partial charge in [-0.25, -0.2) is 4.39 Å². The number of carboxylic acids is 1. The summed E-state index contributed by atoms with van der Waals surface area (Å²) >= 11 is 0. The van der Waals surface area contributed by atoms with Gasteiger partial charge >= 0.3 is 5.97 Å². The highest BCUT2D eigenvalue weighted by Crippen LogP contribution is 2.18. The number of hydrogen-bond acceptors (Lipinski definition) is 3. The summed E-state index contributed by atoms with van der Waals surface area (Å²) in [7, 11) is 0. The predicted octanol–water partition coefficient (Wildman–Crippen LogP) is 1.43. The van der Waals surface area contributed by atoms with Crippen LogP contribution in [0, 0.1) is 5.82 Å². The van der Waals surface area contributed by atoms with Crippen molar-refractivity contribution in [3.05, 3.63) is 29.6 Å². The number of nitrogens with one attached hydrogen (secondary N) is 1. The van der Waals surface area contributed by atoms with Gasteiger partial charge in [-0.2, -0.15) is 0 Å². The third-order valence-corrected chi connectivity index (χ3v) is 2.12. The zero-order valence-corrected chi connectivity index (χ0v) is 9.90. The third kappa shape index (κ3) is 4.04. The molecule has 1 amide bonds. The summed E-state index contributed by atoms with van der Waals surface area (Å²) in [5.41, 5.74) is 0.126. The topological polar surface area (TPSA) is 75.6 Å². The summed E-state index contributed by atoms with van der Waals surface area (Å²) < 4.78 is 18.4. The molecular weight excluding hydrogens is 241 g/mol. The van der Waals surface area contributed by atoms with Crippen molar-refractivity contribution in [1.82, 2.24) is 5.32 Å². The molecule has 0 spiro atoms. The van der Waals surface area contributed by atoms with Gasteiger partial charge in [-0.15, -0.1) is 0 Å². The van der Waals surface area contributed by atoms with Crippen LogP contribution in [0.4, 0.5) is 4.39 Å². The van der Waals surface area contributed by atoms with Crippen LogP contribution in [0.15, 0.2) is 18.2 Å². The lowest BCUT2D eigenvalue weighted by atomic mass is 10.2. The molecule has 5 nitrogen and oxygen atoms in total. The Morgan fingerprint density at radius 3 is 2.72 bits per heavy atom. The number of benzene rings is 1. The first kappa shape index (κ1) is 14.0. The van der Waals surface area contributed by atoms with E-state index in [9.17, 15) is 14.0 Å². The maximum Gasteiger partial charge on any atom is 0.305 e. The van der Waals surface area contributed by atoms with E-state index in [1.807, 2.05) is 0 Å². The highest BCUT2D eigenvalue weighted by molar-refractivity contribution is 5.94. The Bertz CT molecular complexity index is 448. The number of ether oxygens (including phenoxy) is 1. The molecule has 1 rings (SSSR count). The van der Waals surface area contributed by atoms with Crippen LogP contribution < -0.4 is 10.1 Å². The summed E-state index contributed by atoms with van der Waals surface area (Å²) in [5.74, 6) is -2.06. The van der Waals surface area contributed by atoms with E-state index in [0.717, 1.165) is 6.07 Å². The van der Waals surface area contributed by atoms with Crippen LogP contribution in [0.25, 0.3) is 0 Å². The predicted molar refractivity (Wildman–Crippen MR) is 62.2 cm³/mol. The van der Waals surface area contributed by atoms with Gasteiger partial charge in [-0.05, 0) is 25.1 Å². The van der Waals surface area contributed by atoms with Gasteiger partial charge in [0.1, 0.15) is 0 Å². The van der Waals surface area contributed by atoms with E-state index in [4.69, 9.17) is 9.84 Å². The molecule has 0 aromatic heterocycles. The van der Waals surface area contributed by atoms with Crippen LogP contribution in [-0.4, -0.2) is 30.1 Å². The van der Waals surface area contributed by atoms with Crippen LogP contribution in [0.5, 0.6) is 5.75 Å². The fourth-order valence-electron chi connectivity index (χ4n) is 1.30. The zero-order valence-electron chi connectivity index (χ0n) is 9.90. The van der Waals surface area contributed by atoms with Gasteiger partial charge < -0.3 is 15.2 Å². The van der Waals surface area contributed by atoms with Gasteiger partial charge in [-0.3, -0.25) is 9.59 Å². The van der Waals surface area contributed by atoms with Crippen molar-refractivity contribution in [2.24, 2.45) is 0 Å². The Balaban J connectivity index is 2.63. The van der Waals surface area contributed by atoms with Gasteiger partial charge in [0.05, 0.1) is 13.0 Å². The van der Waals surface area contributed by atoms with Gasteiger partial charge in [-0.1, -0.05) is 0 Å². The molecule has 0 fully saturated rings. The van der Waals surface area contributed by atoms with E-state index in [2.05, 4.69) is 5.32 Å². The lowest BCUT2D eigenvalue weighted by Gasteiger charge is -2.07. The summed E-state index contributed by atoms with van der Waals surface area (Å²) in [6.07, 6.45) is -0.175. The second kappa shape index (κ2) is 6.58. The molecule has 1 aromatic carbocycles. The second-order valence-corrected chi connectivity index (χ2v) is 3.48. The number of halogens is 1. The fraction of sp³-hybridized carbons (Fsp3) is 0.333. The van der Waals surface area contributed by atoms with Crippen LogP contribution in [0.3, 0.4) is 0 Å². The number of carbonyl (C=O) groups is 2. The average Bonchev–Trinajstić information content (AvgIpc) is 2.31. The summed E-state index contributed by atoms with van der Waals surface area (Å²) in [5, 5.41) is 10.8. The minimum Gasteiger partial charge on any atom is -0.491 e. The molecule has 0 aliphatic rings. The maximum absolute atomic E-state index is 13.4. The van der Waals surface area contributed by atoms with Crippen molar-refractivity contribution >= 4 is 11.9 Å². The Morgan fingerprint density at radius 2 is 2.17 bits per heavy atom. The number of carboxylic acid groups (broad SMARTS) is 1. The zero-order chi connectivity index (χ0) is 13.5. The average molecular weight is 255 g/mol. The summed E-state index contributed by atoms with van der Waals surface area (Å²) in [6, 6.07) is 3.84. The Morgan fingerprint density at radius 1 is 1.44 bits per heavy atom. The van der Waals surface area contributed by atoms with Crippen molar-refractivity contribution in [3.8, 4) is 5.75 Å². The summed E-state index contributed by atoms with van der Waals surface area (Å²) in [6.45, 7) is 2.07. The van der Waals surface area contributed by atoms with Crippen LogP contribution in [0.2, 0.25) is 0 Å². The van der Waals surface area contributed by atoms with Crippen molar-refractivity contribution in [1.29, 1.82) is 0 Å². The number of carbonyl (C=O) groups excluding carboxylic acids is 1. The molecule has 0 unspecified atom stereocenters. The first-order valence-corrected chi connectivity index (χ1v) is 5.47. The van der Waals surface area contributed by atoms with Gasteiger partial charge in [0.25, 0.3) is 5.91 Å². The van der Waals surface area contributed by atoms with Crippen LogP contribution >= 0.6 is 0 Å². The second-order valence-electron chi connectivity index (χ2n) is 3.48. The molecule has 0 aliphatic carbocycles. The first-order valence-electron chi connectivity index (χ1n) is 5.47. The van der Waals surface area contributed by atoms with E-state index in [0.29, 0.717) is 6.61 Å². The Kier molecular flexibility index (Phi) is 5.10. The SMILES string of the molecule is CCOc1ccc(C(=O)NCCC(=O)O)cc1F. The van der Waals surface area contributed by atoms with Crippen molar-refractivity contribution in [2.75, 3.05) is 13.2 Å². The number of rotatable bonds is 6. The minimum absolute atomic E-state index is 0.00297. The van der Waals surface area contributed by atoms with Crippen molar-refractivity contribution in [2.45, 2.75) is 13.3 Å². The highest BCUT2D eigenvalue weighted by atomic mass is 19.1. The normalized spacial score (nSPS) is 9.89. The number of amides is 1. The molecule has 0 atom stereocenters.